The standard InChI is InChI=1S/C16H22N2OS/c1-11(17)16-13(7-5-8-14(16)19-4)18(3)12(2)15-9-6-10-20-15/h5-12H,17H2,1-4H3/t11-,12?/m1/s1. The number of nitrogens with zero attached hydrogens (tertiary/aromatic N) is 1. The molecule has 1 heterocycles. The lowest BCUT2D eigenvalue weighted by Gasteiger charge is -2.30. The average Bonchev–Trinajstić information content (AvgIpc) is 2.98. The first-order valence-electron chi connectivity index (χ1n) is 6.75. The summed E-state index contributed by atoms with van der Waals surface area (Å²) in [6.45, 7) is 4.20. The van der Waals surface area contributed by atoms with Gasteiger partial charge in [-0.2, -0.15) is 0 Å². The highest BCUT2D eigenvalue weighted by Gasteiger charge is 2.20. The average molecular weight is 290 g/mol. The molecular formula is C16H22N2OS. The first-order chi connectivity index (χ1) is 9.56. The van der Waals surface area contributed by atoms with Crippen molar-refractivity contribution in [3.63, 3.8) is 0 Å². The van der Waals surface area contributed by atoms with E-state index in [0.717, 1.165) is 17.0 Å². The third-order valence-corrected chi connectivity index (χ3v) is 4.68. The molecule has 0 spiro atoms. The topological polar surface area (TPSA) is 38.5 Å². The molecule has 2 rings (SSSR count). The number of hydrogen-bond acceptors (Lipinski definition) is 4. The van der Waals surface area contributed by atoms with Gasteiger partial charge in [-0.05, 0) is 37.4 Å². The molecule has 1 unspecified atom stereocenters. The van der Waals surface area contributed by atoms with E-state index in [2.05, 4.69) is 42.5 Å². The van der Waals surface area contributed by atoms with Crippen LogP contribution < -0.4 is 15.4 Å². The lowest BCUT2D eigenvalue weighted by atomic mass is 10.0. The van der Waals surface area contributed by atoms with Gasteiger partial charge in [0.15, 0.2) is 0 Å². The molecule has 0 saturated carbocycles. The van der Waals surface area contributed by atoms with Crippen LogP contribution in [0, 0.1) is 0 Å². The number of benzene rings is 1. The van der Waals surface area contributed by atoms with Crippen LogP contribution in [0.15, 0.2) is 35.7 Å². The Morgan fingerprint density at radius 2 is 1.95 bits per heavy atom. The molecule has 1 aromatic carbocycles. The normalized spacial score (nSPS) is 13.8. The van der Waals surface area contributed by atoms with Crippen LogP contribution in [0.1, 0.15) is 36.4 Å². The molecule has 0 aliphatic carbocycles. The Hall–Kier alpha value is -1.52. The van der Waals surface area contributed by atoms with Crippen LogP contribution in [0.3, 0.4) is 0 Å². The third-order valence-electron chi connectivity index (χ3n) is 3.63. The molecule has 2 atom stereocenters. The number of hydrogen-bond donors (Lipinski definition) is 1. The van der Waals surface area contributed by atoms with E-state index in [0.29, 0.717) is 6.04 Å². The summed E-state index contributed by atoms with van der Waals surface area (Å²) < 4.78 is 5.46. The second kappa shape index (κ2) is 6.29. The molecule has 4 heteroatoms. The molecule has 108 valence electrons. The maximum atomic E-state index is 6.14. The van der Waals surface area contributed by atoms with Crippen LogP contribution in [-0.2, 0) is 0 Å². The molecule has 20 heavy (non-hydrogen) atoms. The summed E-state index contributed by atoms with van der Waals surface area (Å²) >= 11 is 1.77. The molecule has 0 saturated heterocycles. The maximum Gasteiger partial charge on any atom is 0.125 e. The van der Waals surface area contributed by atoms with Crippen LogP contribution in [0.2, 0.25) is 0 Å². The van der Waals surface area contributed by atoms with Crippen molar-refractivity contribution in [2.24, 2.45) is 5.73 Å². The van der Waals surface area contributed by atoms with E-state index in [9.17, 15) is 0 Å². The van der Waals surface area contributed by atoms with Gasteiger partial charge in [0.2, 0.25) is 0 Å². The second-order valence-corrected chi connectivity index (χ2v) is 5.96. The smallest absolute Gasteiger partial charge is 0.125 e. The Morgan fingerprint density at radius 1 is 1.20 bits per heavy atom. The fourth-order valence-corrected chi connectivity index (χ4v) is 3.23. The van der Waals surface area contributed by atoms with Crippen molar-refractivity contribution in [1.82, 2.24) is 0 Å². The number of nitrogens with two attached hydrogens (primary N) is 1. The highest BCUT2D eigenvalue weighted by molar-refractivity contribution is 7.10. The first kappa shape index (κ1) is 14.9. The zero-order chi connectivity index (χ0) is 14.7. The van der Waals surface area contributed by atoms with Gasteiger partial charge < -0.3 is 15.4 Å². The zero-order valence-corrected chi connectivity index (χ0v) is 13.3. The van der Waals surface area contributed by atoms with Gasteiger partial charge in [0.1, 0.15) is 5.75 Å². The van der Waals surface area contributed by atoms with Crippen molar-refractivity contribution in [2.45, 2.75) is 25.9 Å². The van der Waals surface area contributed by atoms with E-state index in [-0.39, 0.29) is 6.04 Å². The van der Waals surface area contributed by atoms with Crippen LogP contribution >= 0.6 is 11.3 Å². The van der Waals surface area contributed by atoms with Gasteiger partial charge in [-0.25, -0.2) is 0 Å². The Bertz CT molecular complexity index is 552. The van der Waals surface area contributed by atoms with Gasteiger partial charge >= 0.3 is 0 Å². The minimum atomic E-state index is -0.0702. The number of methoxy groups -OCH3 is 1. The van der Waals surface area contributed by atoms with Crippen molar-refractivity contribution in [1.29, 1.82) is 0 Å². The Labute approximate surface area is 125 Å². The molecule has 2 aromatic rings. The van der Waals surface area contributed by atoms with E-state index in [1.54, 1.807) is 18.4 Å². The summed E-state index contributed by atoms with van der Waals surface area (Å²) in [5.74, 6) is 0.850. The fraction of sp³-hybridized carbons (Fsp3) is 0.375. The van der Waals surface area contributed by atoms with Crippen LogP contribution in [0.25, 0.3) is 0 Å². The van der Waals surface area contributed by atoms with Crippen LogP contribution in [-0.4, -0.2) is 14.2 Å². The van der Waals surface area contributed by atoms with Gasteiger partial charge in [0.25, 0.3) is 0 Å². The van der Waals surface area contributed by atoms with E-state index < -0.39 is 0 Å². The summed E-state index contributed by atoms with van der Waals surface area (Å²) in [5, 5.41) is 2.11. The summed E-state index contributed by atoms with van der Waals surface area (Å²) in [6.07, 6.45) is 0. The molecule has 0 aliphatic heterocycles. The molecule has 0 amide bonds. The third kappa shape index (κ3) is 2.81. The SMILES string of the molecule is COc1cccc(N(C)C(C)c2cccs2)c1[C@@H](C)N. The molecule has 0 radical (unpaired) electrons. The van der Waals surface area contributed by atoms with Gasteiger partial charge in [-0.15, -0.1) is 11.3 Å². The van der Waals surface area contributed by atoms with Gasteiger partial charge in [-0.3, -0.25) is 0 Å². The Kier molecular flexibility index (Phi) is 4.68. The minimum Gasteiger partial charge on any atom is -0.496 e. The summed E-state index contributed by atoms with van der Waals surface area (Å²) in [6, 6.07) is 10.6. The highest BCUT2D eigenvalue weighted by Crippen LogP contribution is 2.37. The summed E-state index contributed by atoms with van der Waals surface area (Å²) in [7, 11) is 3.79. The zero-order valence-electron chi connectivity index (χ0n) is 12.5. The first-order valence-corrected chi connectivity index (χ1v) is 7.63. The summed E-state index contributed by atoms with van der Waals surface area (Å²) in [4.78, 5) is 3.60. The van der Waals surface area contributed by atoms with Crippen LogP contribution in [0.4, 0.5) is 5.69 Å². The van der Waals surface area contributed by atoms with Crippen LogP contribution in [0.5, 0.6) is 5.75 Å². The number of anilines is 1. The minimum absolute atomic E-state index is 0.0702. The number of rotatable bonds is 5. The number of ether oxygens (including phenoxy) is 1. The monoisotopic (exact) mass is 290 g/mol. The Morgan fingerprint density at radius 3 is 2.50 bits per heavy atom. The lowest BCUT2D eigenvalue weighted by molar-refractivity contribution is 0.407. The molecule has 0 aliphatic rings. The lowest BCUT2D eigenvalue weighted by Crippen LogP contribution is -2.24. The molecule has 2 N–H and O–H groups in total. The summed E-state index contributed by atoms with van der Waals surface area (Å²) in [5.41, 5.74) is 8.33. The van der Waals surface area contributed by atoms with Gasteiger partial charge in [0, 0.05) is 29.2 Å². The Balaban J connectivity index is 2.41. The van der Waals surface area contributed by atoms with E-state index in [1.165, 1.54) is 4.88 Å². The van der Waals surface area contributed by atoms with Crippen molar-refractivity contribution in [3.05, 3.63) is 46.2 Å². The number of thiophene rings is 1. The van der Waals surface area contributed by atoms with Crippen molar-refractivity contribution in [3.8, 4) is 5.75 Å². The van der Waals surface area contributed by atoms with E-state index in [4.69, 9.17) is 10.5 Å². The molecular weight excluding hydrogens is 268 g/mol. The molecule has 0 fully saturated rings. The maximum absolute atomic E-state index is 6.14. The molecule has 0 bridgehead atoms. The predicted molar refractivity (Wildman–Crippen MR) is 86.7 cm³/mol. The van der Waals surface area contributed by atoms with Gasteiger partial charge in [-0.1, -0.05) is 12.1 Å². The molecule has 3 nitrogen and oxygen atoms in total. The highest BCUT2D eigenvalue weighted by atomic mass is 32.1. The largest absolute Gasteiger partial charge is 0.496 e. The van der Waals surface area contributed by atoms with Crippen molar-refractivity contribution < 1.29 is 4.74 Å². The quantitative estimate of drug-likeness (QED) is 0.905. The van der Waals surface area contributed by atoms with Gasteiger partial charge in [0.05, 0.1) is 13.2 Å². The fourth-order valence-electron chi connectivity index (χ4n) is 2.40. The van der Waals surface area contributed by atoms with Crippen molar-refractivity contribution >= 4 is 17.0 Å². The van der Waals surface area contributed by atoms with E-state index in [1.807, 2.05) is 19.1 Å². The van der Waals surface area contributed by atoms with Crippen molar-refractivity contribution in [2.75, 3.05) is 19.1 Å². The second-order valence-electron chi connectivity index (χ2n) is 4.98. The predicted octanol–water partition coefficient (Wildman–Crippen LogP) is 3.97. The molecule has 1 aromatic heterocycles. The van der Waals surface area contributed by atoms with E-state index >= 15 is 0 Å².